The Balaban J connectivity index is 1.82. The lowest BCUT2D eigenvalue weighted by Gasteiger charge is -2.32. The van der Waals surface area contributed by atoms with Gasteiger partial charge in [0.15, 0.2) is 0 Å². The molecule has 1 aliphatic heterocycles. The van der Waals surface area contributed by atoms with Gasteiger partial charge in [-0.05, 0) is 45.4 Å². The fraction of sp³-hybridized carbons (Fsp3) is 0.500. The quantitative estimate of drug-likeness (QED) is 0.888. The minimum Gasteiger partial charge on any atom is -0.351 e. The van der Waals surface area contributed by atoms with Crippen LogP contribution in [0.1, 0.15) is 44.5 Å². The molecule has 1 aliphatic rings. The lowest BCUT2D eigenvalue weighted by molar-refractivity contribution is -0.121. The molecule has 7 nitrogen and oxygen atoms in total. The van der Waals surface area contributed by atoms with Crippen molar-refractivity contribution in [3.63, 3.8) is 0 Å². The summed E-state index contributed by atoms with van der Waals surface area (Å²) in [6, 6.07) is 7.70. The molecule has 3 N–H and O–H groups in total. The lowest BCUT2D eigenvalue weighted by Crippen LogP contribution is -2.45. The number of primary amides is 1. The largest absolute Gasteiger partial charge is 0.351 e. The zero-order chi connectivity index (χ0) is 18.0. The Morgan fingerprint density at radius 3 is 2.84 bits per heavy atom. The molecular weight excluding hydrogens is 318 g/mol. The number of piperidine rings is 1. The number of nitrogens with zero attached hydrogens (tertiary/aromatic N) is 3. The highest BCUT2D eigenvalue weighted by atomic mass is 16.2. The number of carbonyl (C=O) groups is 2. The normalized spacial score (nSPS) is 18.6. The summed E-state index contributed by atoms with van der Waals surface area (Å²) in [5.74, 6) is 0.992. The van der Waals surface area contributed by atoms with Gasteiger partial charge < -0.3 is 10.3 Å². The van der Waals surface area contributed by atoms with Crippen molar-refractivity contribution in [1.82, 2.24) is 19.8 Å². The van der Waals surface area contributed by atoms with Crippen molar-refractivity contribution in [2.45, 2.75) is 38.6 Å². The first-order valence-corrected chi connectivity index (χ1v) is 8.74. The molecule has 25 heavy (non-hydrogen) atoms. The molecule has 1 unspecified atom stereocenters. The van der Waals surface area contributed by atoms with E-state index in [0.29, 0.717) is 6.04 Å². The molecule has 1 aromatic carbocycles. The van der Waals surface area contributed by atoms with E-state index >= 15 is 0 Å². The first-order valence-electron chi connectivity index (χ1n) is 8.74. The Hall–Kier alpha value is -2.41. The summed E-state index contributed by atoms with van der Waals surface area (Å²) in [5.41, 5.74) is 7.17. The van der Waals surface area contributed by atoms with Crippen LogP contribution in [0.5, 0.6) is 0 Å². The fourth-order valence-electron chi connectivity index (χ4n) is 3.68. The zero-order valence-corrected chi connectivity index (χ0v) is 14.7. The zero-order valence-electron chi connectivity index (χ0n) is 14.7. The number of rotatable bonds is 4. The molecule has 0 radical (unpaired) electrons. The van der Waals surface area contributed by atoms with Crippen LogP contribution in [0.4, 0.5) is 4.79 Å². The van der Waals surface area contributed by atoms with Gasteiger partial charge >= 0.3 is 6.03 Å². The molecule has 0 aliphatic carbocycles. The van der Waals surface area contributed by atoms with Gasteiger partial charge in [-0.25, -0.2) is 9.78 Å². The highest BCUT2D eigenvalue weighted by Crippen LogP contribution is 2.31. The third-order valence-corrected chi connectivity index (χ3v) is 4.64. The van der Waals surface area contributed by atoms with Gasteiger partial charge in [-0.3, -0.25) is 15.0 Å². The summed E-state index contributed by atoms with van der Waals surface area (Å²) in [4.78, 5) is 29.6. The molecule has 3 amide bonds. The van der Waals surface area contributed by atoms with E-state index in [1.807, 2.05) is 18.2 Å². The molecule has 1 saturated heterocycles. The molecule has 1 fully saturated rings. The second kappa shape index (κ2) is 7.23. The van der Waals surface area contributed by atoms with Gasteiger partial charge in [-0.15, -0.1) is 0 Å². The molecule has 3 rings (SSSR count). The van der Waals surface area contributed by atoms with Crippen LogP contribution in [-0.4, -0.2) is 46.0 Å². The number of aromatic nitrogens is 2. The Morgan fingerprint density at radius 1 is 1.36 bits per heavy atom. The molecule has 7 heteroatoms. The highest BCUT2D eigenvalue weighted by Gasteiger charge is 2.28. The van der Waals surface area contributed by atoms with Crippen LogP contribution in [0.3, 0.4) is 0 Å². The number of nitrogens with two attached hydrogens (primary N) is 1. The third kappa shape index (κ3) is 3.82. The number of imide groups is 1. The van der Waals surface area contributed by atoms with E-state index in [9.17, 15) is 9.59 Å². The van der Waals surface area contributed by atoms with Crippen molar-refractivity contribution in [3.05, 3.63) is 30.1 Å². The van der Waals surface area contributed by atoms with E-state index < -0.39 is 6.03 Å². The standard InChI is InChI=1S/C18H25N5O2/c1-12(2)23-15-8-4-3-7-14(15)20-17(23)13-6-5-9-22(10-13)11-16(24)21-18(19)25/h3-4,7-8,12-13H,5-6,9-11H2,1-2H3,(H3,19,21,24,25). The molecule has 2 aromatic rings. The van der Waals surface area contributed by atoms with Crippen LogP contribution in [-0.2, 0) is 4.79 Å². The van der Waals surface area contributed by atoms with E-state index in [1.54, 1.807) is 0 Å². The SMILES string of the molecule is CC(C)n1c(C2CCCN(CC(=O)NC(N)=O)C2)nc2ccccc21. The molecule has 0 spiro atoms. The monoisotopic (exact) mass is 343 g/mol. The third-order valence-electron chi connectivity index (χ3n) is 4.64. The predicted octanol–water partition coefficient (Wildman–Crippen LogP) is 1.99. The van der Waals surface area contributed by atoms with Crippen LogP contribution in [0.15, 0.2) is 24.3 Å². The van der Waals surface area contributed by atoms with Crippen LogP contribution in [0, 0.1) is 0 Å². The second-order valence-corrected chi connectivity index (χ2v) is 6.91. The van der Waals surface area contributed by atoms with Gasteiger partial charge in [0.05, 0.1) is 17.6 Å². The maximum atomic E-state index is 11.8. The topological polar surface area (TPSA) is 93.3 Å². The number of amides is 3. The summed E-state index contributed by atoms with van der Waals surface area (Å²) < 4.78 is 2.30. The number of likely N-dealkylation sites (tertiary alicyclic amines) is 1. The molecular formula is C18H25N5O2. The summed E-state index contributed by atoms with van der Waals surface area (Å²) in [6.07, 6.45) is 2.04. The van der Waals surface area contributed by atoms with Gasteiger partial charge in [0.2, 0.25) is 5.91 Å². The maximum absolute atomic E-state index is 11.8. The predicted molar refractivity (Wildman–Crippen MR) is 96.3 cm³/mol. The smallest absolute Gasteiger partial charge is 0.318 e. The molecule has 1 atom stereocenters. The Labute approximate surface area is 147 Å². The minimum absolute atomic E-state index is 0.182. The van der Waals surface area contributed by atoms with Gasteiger partial charge in [0.25, 0.3) is 0 Å². The van der Waals surface area contributed by atoms with Crippen LogP contribution >= 0.6 is 0 Å². The van der Waals surface area contributed by atoms with Gasteiger partial charge in [-0.1, -0.05) is 12.1 Å². The van der Waals surface area contributed by atoms with Crippen molar-refractivity contribution in [3.8, 4) is 0 Å². The van der Waals surface area contributed by atoms with E-state index in [0.717, 1.165) is 42.8 Å². The van der Waals surface area contributed by atoms with Gasteiger partial charge in [0, 0.05) is 18.5 Å². The van der Waals surface area contributed by atoms with E-state index in [1.165, 1.54) is 0 Å². The number of carbonyl (C=O) groups excluding carboxylic acids is 2. The molecule has 1 aromatic heterocycles. The Bertz CT molecular complexity index is 783. The molecule has 0 saturated carbocycles. The second-order valence-electron chi connectivity index (χ2n) is 6.91. The number of para-hydroxylation sites is 2. The van der Waals surface area contributed by atoms with Crippen LogP contribution in [0.25, 0.3) is 11.0 Å². The Kier molecular flexibility index (Phi) is 5.03. The van der Waals surface area contributed by atoms with Crippen LogP contribution in [0.2, 0.25) is 0 Å². The summed E-state index contributed by atoms with van der Waals surface area (Å²) in [7, 11) is 0. The van der Waals surface area contributed by atoms with E-state index in [2.05, 4.69) is 34.7 Å². The summed E-state index contributed by atoms with van der Waals surface area (Å²) >= 11 is 0. The first kappa shape index (κ1) is 17.4. The number of hydrogen-bond acceptors (Lipinski definition) is 4. The fourth-order valence-corrected chi connectivity index (χ4v) is 3.68. The van der Waals surface area contributed by atoms with Crippen molar-refractivity contribution in [1.29, 1.82) is 0 Å². The van der Waals surface area contributed by atoms with Crippen molar-refractivity contribution >= 4 is 23.0 Å². The number of hydrogen-bond donors (Lipinski definition) is 2. The first-order chi connectivity index (χ1) is 12.0. The molecule has 2 heterocycles. The van der Waals surface area contributed by atoms with Gasteiger partial charge in [0.1, 0.15) is 5.82 Å². The van der Waals surface area contributed by atoms with Crippen LogP contribution < -0.4 is 11.1 Å². The Morgan fingerprint density at radius 2 is 2.12 bits per heavy atom. The number of benzene rings is 1. The molecule has 0 bridgehead atoms. The molecule has 134 valence electrons. The van der Waals surface area contributed by atoms with Crippen molar-refractivity contribution < 1.29 is 9.59 Å². The van der Waals surface area contributed by atoms with Crippen molar-refractivity contribution in [2.75, 3.05) is 19.6 Å². The number of fused-ring (bicyclic) bond motifs is 1. The number of urea groups is 1. The minimum atomic E-state index is -0.805. The summed E-state index contributed by atoms with van der Waals surface area (Å²) in [5, 5.41) is 2.13. The average molecular weight is 343 g/mol. The van der Waals surface area contributed by atoms with E-state index in [-0.39, 0.29) is 18.4 Å². The number of imidazole rings is 1. The van der Waals surface area contributed by atoms with E-state index in [4.69, 9.17) is 10.7 Å². The highest BCUT2D eigenvalue weighted by molar-refractivity contribution is 5.94. The van der Waals surface area contributed by atoms with Crippen molar-refractivity contribution in [2.24, 2.45) is 5.73 Å². The number of nitrogens with one attached hydrogen (secondary N) is 1. The maximum Gasteiger partial charge on any atom is 0.318 e. The van der Waals surface area contributed by atoms with Gasteiger partial charge in [-0.2, -0.15) is 0 Å². The average Bonchev–Trinajstić information content (AvgIpc) is 2.94. The summed E-state index contributed by atoms with van der Waals surface area (Å²) in [6.45, 7) is 6.10. The lowest BCUT2D eigenvalue weighted by atomic mass is 9.97.